The molecule has 0 saturated carbocycles. The number of carbonyl (C=O) groups is 1. The zero-order valence-corrected chi connectivity index (χ0v) is 11.4. The van der Waals surface area contributed by atoms with Crippen LogP contribution in [0.15, 0.2) is 18.2 Å². The van der Waals surface area contributed by atoms with E-state index in [2.05, 4.69) is 6.07 Å². The van der Waals surface area contributed by atoms with E-state index in [1.807, 2.05) is 6.92 Å². The third-order valence-corrected chi connectivity index (χ3v) is 2.82. The Balaban J connectivity index is 3.00. The van der Waals surface area contributed by atoms with Crippen LogP contribution in [0.1, 0.15) is 24.2 Å². The fourth-order valence-electron chi connectivity index (χ4n) is 1.71. The zero-order chi connectivity index (χ0) is 14.4. The predicted octanol–water partition coefficient (Wildman–Crippen LogP) is 2.02. The maximum Gasteiger partial charge on any atom is 0.257 e. The van der Waals surface area contributed by atoms with Crippen LogP contribution in [0.2, 0.25) is 0 Å². The summed E-state index contributed by atoms with van der Waals surface area (Å²) in [4.78, 5) is 13.8. The second-order valence-electron chi connectivity index (χ2n) is 4.26. The molecule has 0 aliphatic heterocycles. The summed E-state index contributed by atoms with van der Waals surface area (Å²) in [6.07, 6.45) is 0. The highest BCUT2D eigenvalue weighted by molar-refractivity contribution is 5.97. The van der Waals surface area contributed by atoms with E-state index in [0.717, 1.165) is 0 Å². The Morgan fingerprint density at radius 3 is 2.79 bits per heavy atom. The summed E-state index contributed by atoms with van der Waals surface area (Å²) < 4.78 is 5.04. The Hall–Kier alpha value is -2.22. The van der Waals surface area contributed by atoms with Crippen molar-refractivity contribution in [2.45, 2.75) is 13.8 Å². The standard InChI is InChI=1S/C14H18N2O3/c1-4-16(9-10(2)8-15)14(18)12-7-11(19-3)5-6-13(12)17/h5-7,10,17H,4,9H2,1-3H3. The van der Waals surface area contributed by atoms with E-state index in [-0.39, 0.29) is 23.1 Å². The summed E-state index contributed by atoms with van der Waals surface area (Å²) in [7, 11) is 1.50. The van der Waals surface area contributed by atoms with Crippen molar-refractivity contribution in [3.8, 4) is 17.6 Å². The number of methoxy groups -OCH3 is 1. The van der Waals surface area contributed by atoms with Gasteiger partial charge in [0.15, 0.2) is 0 Å². The Morgan fingerprint density at radius 2 is 2.26 bits per heavy atom. The molecule has 1 unspecified atom stereocenters. The second kappa shape index (κ2) is 6.64. The number of nitriles is 1. The number of aromatic hydroxyl groups is 1. The van der Waals surface area contributed by atoms with Gasteiger partial charge in [0.1, 0.15) is 11.5 Å². The highest BCUT2D eigenvalue weighted by Gasteiger charge is 2.20. The number of phenols is 1. The highest BCUT2D eigenvalue weighted by Crippen LogP contribution is 2.24. The van der Waals surface area contributed by atoms with Crippen molar-refractivity contribution in [3.63, 3.8) is 0 Å². The van der Waals surface area contributed by atoms with Crippen LogP contribution in [0.5, 0.6) is 11.5 Å². The maximum atomic E-state index is 12.3. The molecule has 0 aromatic heterocycles. The number of ether oxygens (including phenoxy) is 1. The number of phenolic OH excluding ortho intramolecular Hbond substituents is 1. The van der Waals surface area contributed by atoms with Gasteiger partial charge < -0.3 is 14.7 Å². The molecular weight excluding hydrogens is 244 g/mol. The van der Waals surface area contributed by atoms with Crippen molar-refractivity contribution in [2.24, 2.45) is 5.92 Å². The fraction of sp³-hybridized carbons (Fsp3) is 0.429. The molecule has 1 atom stereocenters. The van der Waals surface area contributed by atoms with Crippen molar-refractivity contribution in [1.29, 1.82) is 5.26 Å². The molecule has 5 heteroatoms. The number of hydrogen-bond acceptors (Lipinski definition) is 4. The summed E-state index contributed by atoms with van der Waals surface area (Å²) in [5.41, 5.74) is 0.186. The lowest BCUT2D eigenvalue weighted by Gasteiger charge is -2.22. The Labute approximate surface area is 113 Å². The van der Waals surface area contributed by atoms with Crippen LogP contribution in [0.25, 0.3) is 0 Å². The van der Waals surface area contributed by atoms with Gasteiger partial charge in [-0.1, -0.05) is 0 Å². The molecule has 0 bridgehead atoms. The van der Waals surface area contributed by atoms with Crippen molar-refractivity contribution in [3.05, 3.63) is 23.8 Å². The first-order valence-electron chi connectivity index (χ1n) is 6.09. The fourth-order valence-corrected chi connectivity index (χ4v) is 1.71. The minimum atomic E-state index is -0.305. The van der Waals surface area contributed by atoms with E-state index >= 15 is 0 Å². The van der Waals surface area contributed by atoms with Crippen LogP contribution in [0.4, 0.5) is 0 Å². The minimum Gasteiger partial charge on any atom is -0.507 e. The van der Waals surface area contributed by atoms with Crippen LogP contribution in [0.3, 0.4) is 0 Å². The summed E-state index contributed by atoms with van der Waals surface area (Å²) in [6, 6.07) is 6.60. The highest BCUT2D eigenvalue weighted by atomic mass is 16.5. The third-order valence-electron chi connectivity index (χ3n) is 2.82. The number of amides is 1. The molecule has 0 aliphatic rings. The second-order valence-corrected chi connectivity index (χ2v) is 4.26. The Kier molecular flexibility index (Phi) is 5.19. The molecule has 1 N–H and O–H groups in total. The van der Waals surface area contributed by atoms with Crippen molar-refractivity contribution < 1.29 is 14.6 Å². The van der Waals surface area contributed by atoms with E-state index in [1.54, 1.807) is 13.0 Å². The van der Waals surface area contributed by atoms with E-state index < -0.39 is 0 Å². The number of hydrogen-bond donors (Lipinski definition) is 1. The lowest BCUT2D eigenvalue weighted by Crippen LogP contribution is -2.34. The number of benzene rings is 1. The Bertz CT molecular complexity index is 494. The van der Waals surface area contributed by atoms with Crippen LogP contribution in [-0.4, -0.2) is 36.1 Å². The summed E-state index contributed by atoms with van der Waals surface area (Å²) in [5.74, 6) is -0.142. The van der Waals surface area contributed by atoms with Gasteiger partial charge in [0.05, 0.1) is 24.7 Å². The van der Waals surface area contributed by atoms with Gasteiger partial charge in [-0.3, -0.25) is 4.79 Å². The summed E-state index contributed by atoms with van der Waals surface area (Å²) in [6.45, 7) is 4.39. The topological polar surface area (TPSA) is 73.6 Å². The number of carbonyl (C=O) groups excluding carboxylic acids is 1. The first-order chi connectivity index (χ1) is 9.03. The SMILES string of the molecule is CCN(CC(C)C#N)C(=O)c1cc(OC)ccc1O. The van der Waals surface area contributed by atoms with Crippen LogP contribution < -0.4 is 4.74 Å². The molecule has 0 spiro atoms. The molecule has 0 heterocycles. The van der Waals surface area contributed by atoms with E-state index in [9.17, 15) is 9.90 Å². The number of nitrogens with zero attached hydrogens (tertiary/aromatic N) is 2. The molecule has 0 fully saturated rings. The molecular formula is C14H18N2O3. The average Bonchev–Trinajstić information content (AvgIpc) is 2.44. The molecule has 0 radical (unpaired) electrons. The van der Waals surface area contributed by atoms with Gasteiger partial charge in [-0.25, -0.2) is 0 Å². The first-order valence-corrected chi connectivity index (χ1v) is 6.09. The molecule has 102 valence electrons. The van der Waals surface area contributed by atoms with Gasteiger partial charge in [0.2, 0.25) is 0 Å². The van der Waals surface area contributed by atoms with E-state index in [4.69, 9.17) is 10.00 Å². The molecule has 0 aliphatic carbocycles. The largest absolute Gasteiger partial charge is 0.507 e. The summed E-state index contributed by atoms with van der Waals surface area (Å²) in [5, 5.41) is 18.6. The van der Waals surface area contributed by atoms with Gasteiger partial charge >= 0.3 is 0 Å². The Morgan fingerprint density at radius 1 is 1.58 bits per heavy atom. The quantitative estimate of drug-likeness (QED) is 0.881. The van der Waals surface area contributed by atoms with Crippen LogP contribution in [-0.2, 0) is 0 Å². The van der Waals surface area contributed by atoms with E-state index in [0.29, 0.717) is 18.8 Å². The van der Waals surface area contributed by atoms with Gasteiger partial charge in [-0.05, 0) is 32.0 Å². The molecule has 5 nitrogen and oxygen atoms in total. The van der Waals surface area contributed by atoms with Crippen LogP contribution >= 0.6 is 0 Å². The van der Waals surface area contributed by atoms with E-state index in [1.165, 1.54) is 24.1 Å². The lowest BCUT2D eigenvalue weighted by atomic mass is 10.1. The smallest absolute Gasteiger partial charge is 0.257 e. The predicted molar refractivity (Wildman–Crippen MR) is 71.0 cm³/mol. The monoisotopic (exact) mass is 262 g/mol. The zero-order valence-electron chi connectivity index (χ0n) is 11.4. The normalized spacial score (nSPS) is 11.5. The van der Waals surface area contributed by atoms with Gasteiger partial charge in [-0.15, -0.1) is 0 Å². The van der Waals surface area contributed by atoms with Crippen molar-refractivity contribution in [2.75, 3.05) is 20.2 Å². The van der Waals surface area contributed by atoms with Crippen LogP contribution in [0, 0.1) is 17.2 Å². The molecule has 1 rings (SSSR count). The molecule has 1 aromatic rings. The lowest BCUT2D eigenvalue weighted by molar-refractivity contribution is 0.0749. The van der Waals surface area contributed by atoms with Gasteiger partial charge in [0, 0.05) is 13.1 Å². The first kappa shape index (κ1) is 14.8. The molecule has 19 heavy (non-hydrogen) atoms. The minimum absolute atomic E-state index is 0.0890. The molecule has 0 saturated heterocycles. The number of rotatable bonds is 5. The average molecular weight is 262 g/mol. The van der Waals surface area contributed by atoms with Crippen molar-refractivity contribution >= 4 is 5.91 Å². The van der Waals surface area contributed by atoms with Crippen molar-refractivity contribution in [1.82, 2.24) is 4.90 Å². The van der Waals surface area contributed by atoms with Gasteiger partial charge in [0.25, 0.3) is 5.91 Å². The summed E-state index contributed by atoms with van der Waals surface area (Å²) >= 11 is 0. The molecule has 1 aromatic carbocycles. The third kappa shape index (κ3) is 3.62. The maximum absolute atomic E-state index is 12.3. The molecule has 1 amide bonds. The van der Waals surface area contributed by atoms with Gasteiger partial charge in [-0.2, -0.15) is 5.26 Å².